The summed E-state index contributed by atoms with van der Waals surface area (Å²) in [4.78, 5) is 36.6. The Labute approximate surface area is 140 Å². The molecule has 0 saturated carbocycles. The van der Waals surface area contributed by atoms with Crippen LogP contribution in [0.15, 0.2) is 41.3 Å². The lowest BCUT2D eigenvalue weighted by Gasteiger charge is -2.18. The third-order valence-corrected chi connectivity index (χ3v) is 3.88. The minimum absolute atomic E-state index is 0.0973. The van der Waals surface area contributed by atoms with Crippen molar-refractivity contribution in [2.24, 2.45) is 0 Å². The van der Waals surface area contributed by atoms with Crippen LogP contribution in [-0.2, 0) is 4.74 Å². The van der Waals surface area contributed by atoms with Gasteiger partial charge in [-0.15, -0.1) is 0 Å². The molecular weight excluding hydrogens is 308 g/mol. The van der Waals surface area contributed by atoms with Gasteiger partial charge in [0.2, 0.25) is 0 Å². The average Bonchev–Trinajstić information content (AvgIpc) is 2.60. The van der Waals surface area contributed by atoms with Gasteiger partial charge in [-0.25, -0.2) is 4.79 Å². The highest BCUT2D eigenvalue weighted by molar-refractivity contribution is 5.97. The number of amides is 1. The summed E-state index contributed by atoms with van der Waals surface area (Å²) in [5, 5.41) is 2.42. The van der Waals surface area contributed by atoms with E-state index in [1.165, 1.54) is 31.0 Å². The summed E-state index contributed by atoms with van der Waals surface area (Å²) >= 11 is 0. The number of nitrogens with one attached hydrogen (secondary N) is 1. The molecule has 0 saturated heterocycles. The summed E-state index contributed by atoms with van der Waals surface area (Å²) in [6, 6.07) is 8.63. The SMILES string of the molecule is CNC(=O)c1cc(C(=O)OC)cn([C@@H](C)c2cccc(C)c2)c1=O. The number of methoxy groups -OCH3 is 1. The van der Waals surface area contributed by atoms with E-state index in [2.05, 4.69) is 5.32 Å². The number of benzene rings is 1. The smallest absolute Gasteiger partial charge is 0.339 e. The van der Waals surface area contributed by atoms with E-state index < -0.39 is 17.4 Å². The first-order valence-corrected chi connectivity index (χ1v) is 7.52. The lowest BCUT2D eigenvalue weighted by Crippen LogP contribution is -2.33. The van der Waals surface area contributed by atoms with Crippen LogP contribution in [-0.4, -0.2) is 30.6 Å². The molecule has 2 rings (SSSR count). The third kappa shape index (κ3) is 3.37. The fourth-order valence-electron chi connectivity index (χ4n) is 2.51. The Morgan fingerprint density at radius 1 is 1.25 bits per heavy atom. The van der Waals surface area contributed by atoms with Crippen molar-refractivity contribution in [3.05, 3.63) is 69.1 Å². The third-order valence-electron chi connectivity index (χ3n) is 3.88. The fraction of sp³-hybridized carbons (Fsp3) is 0.278. The standard InChI is InChI=1S/C18H20N2O4/c1-11-6-5-7-13(8-11)12(2)20-10-14(18(23)24-4)9-15(17(20)22)16(21)19-3/h5-10,12H,1-4H3,(H,19,21)/t12-/m0/s1. The zero-order chi connectivity index (χ0) is 17.9. The molecule has 2 aromatic rings. The Morgan fingerprint density at radius 3 is 2.54 bits per heavy atom. The zero-order valence-corrected chi connectivity index (χ0v) is 14.1. The molecule has 6 heteroatoms. The predicted octanol–water partition coefficient (Wildman–Crippen LogP) is 1.91. The van der Waals surface area contributed by atoms with E-state index in [9.17, 15) is 14.4 Å². The highest BCUT2D eigenvalue weighted by Crippen LogP contribution is 2.18. The Hall–Kier alpha value is -2.89. The Kier molecular flexibility index (Phi) is 5.18. The van der Waals surface area contributed by atoms with E-state index >= 15 is 0 Å². The molecule has 0 aliphatic heterocycles. The van der Waals surface area contributed by atoms with Gasteiger partial charge in [0.25, 0.3) is 11.5 Å². The molecule has 1 atom stereocenters. The summed E-state index contributed by atoms with van der Waals surface area (Å²) in [6.45, 7) is 3.80. The van der Waals surface area contributed by atoms with E-state index in [4.69, 9.17) is 4.74 Å². The molecule has 0 radical (unpaired) electrons. The number of rotatable bonds is 4. The van der Waals surface area contributed by atoms with Gasteiger partial charge in [0.1, 0.15) is 5.56 Å². The van der Waals surface area contributed by atoms with Crippen molar-refractivity contribution in [2.75, 3.05) is 14.2 Å². The second kappa shape index (κ2) is 7.12. The van der Waals surface area contributed by atoms with Crippen molar-refractivity contribution in [2.45, 2.75) is 19.9 Å². The maximum absolute atomic E-state index is 12.7. The first-order chi connectivity index (χ1) is 11.4. The molecule has 1 amide bonds. The van der Waals surface area contributed by atoms with Crippen LogP contribution in [0.1, 0.15) is 44.8 Å². The molecule has 1 heterocycles. The average molecular weight is 328 g/mol. The summed E-state index contributed by atoms with van der Waals surface area (Å²) in [6.07, 6.45) is 1.42. The number of carbonyl (C=O) groups is 2. The minimum atomic E-state index is -0.606. The van der Waals surface area contributed by atoms with Crippen molar-refractivity contribution < 1.29 is 14.3 Å². The van der Waals surface area contributed by atoms with E-state index in [0.29, 0.717) is 0 Å². The molecule has 126 valence electrons. The molecular formula is C18H20N2O4. The van der Waals surface area contributed by atoms with Crippen molar-refractivity contribution in [1.82, 2.24) is 9.88 Å². The number of aryl methyl sites for hydroxylation is 1. The van der Waals surface area contributed by atoms with Crippen LogP contribution in [0.3, 0.4) is 0 Å². The van der Waals surface area contributed by atoms with Gasteiger partial charge in [-0.3, -0.25) is 9.59 Å². The van der Waals surface area contributed by atoms with Crippen LogP contribution < -0.4 is 10.9 Å². The van der Waals surface area contributed by atoms with Gasteiger partial charge < -0.3 is 14.6 Å². The Bertz CT molecular complexity index is 839. The second-order valence-electron chi connectivity index (χ2n) is 5.52. The molecule has 0 unspecified atom stereocenters. The van der Waals surface area contributed by atoms with E-state index in [1.54, 1.807) is 0 Å². The van der Waals surface area contributed by atoms with Gasteiger partial charge in [-0.1, -0.05) is 29.8 Å². The van der Waals surface area contributed by atoms with Crippen LogP contribution in [0.4, 0.5) is 0 Å². The number of nitrogens with zero attached hydrogens (tertiary/aromatic N) is 1. The number of aromatic nitrogens is 1. The molecule has 1 N–H and O–H groups in total. The van der Waals surface area contributed by atoms with Crippen LogP contribution in [0, 0.1) is 6.92 Å². The molecule has 0 bridgehead atoms. The largest absolute Gasteiger partial charge is 0.465 e. The molecule has 0 aliphatic carbocycles. The highest BCUT2D eigenvalue weighted by Gasteiger charge is 2.20. The second-order valence-corrected chi connectivity index (χ2v) is 5.52. The normalized spacial score (nSPS) is 11.7. The van der Waals surface area contributed by atoms with E-state index in [1.807, 2.05) is 38.1 Å². The lowest BCUT2D eigenvalue weighted by atomic mass is 10.0. The highest BCUT2D eigenvalue weighted by atomic mass is 16.5. The van der Waals surface area contributed by atoms with Crippen LogP contribution in [0.5, 0.6) is 0 Å². The number of pyridine rings is 1. The summed E-state index contributed by atoms with van der Waals surface area (Å²) < 4.78 is 6.10. The number of hydrogen-bond donors (Lipinski definition) is 1. The maximum Gasteiger partial charge on any atom is 0.339 e. The van der Waals surface area contributed by atoms with Crippen LogP contribution in [0.2, 0.25) is 0 Å². The maximum atomic E-state index is 12.7. The topological polar surface area (TPSA) is 77.4 Å². The van der Waals surface area contributed by atoms with Crippen LogP contribution >= 0.6 is 0 Å². The number of ether oxygens (including phenoxy) is 1. The van der Waals surface area contributed by atoms with Gasteiger partial charge in [-0.05, 0) is 25.5 Å². The minimum Gasteiger partial charge on any atom is -0.465 e. The van der Waals surface area contributed by atoms with Gasteiger partial charge in [-0.2, -0.15) is 0 Å². The Balaban J connectivity index is 2.65. The monoisotopic (exact) mass is 328 g/mol. The van der Waals surface area contributed by atoms with E-state index in [-0.39, 0.29) is 17.2 Å². The lowest BCUT2D eigenvalue weighted by molar-refractivity contribution is 0.0599. The molecule has 0 aliphatic rings. The molecule has 0 spiro atoms. The molecule has 24 heavy (non-hydrogen) atoms. The van der Waals surface area contributed by atoms with Crippen molar-refractivity contribution >= 4 is 11.9 Å². The first-order valence-electron chi connectivity index (χ1n) is 7.52. The van der Waals surface area contributed by atoms with Gasteiger partial charge in [0.15, 0.2) is 0 Å². The molecule has 6 nitrogen and oxygen atoms in total. The number of esters is 1. The van der Waals surface area contributed by atoms with Crippen molar-refractivity contribution in [3.8, 4) is 0 Å². The van der Waals surface area contributed by atoms with Crippen molar-refractivity contribution in [3.63, 3.8) is 0 Å². The summed E-state index contributed by atoms with van der Waals surface area (Å²) in [7, 11) is 2.68. The molecule has 1 aromatic carbocycles. The van der Waals surface area contributed by atoms with E-state index in [0.717, 1.165) is 11.1 Å². The van der Waals surface area contributed by atoms with Gasteiger partial charge >= 0.3 is 5.97 Å². The molecule has 0 fully saturated rings. The van der Waals surface area contributed by atoms with Gasteiger partial charge in [0.05, 0.1) is 18.7 Å². The summed E-state index contributed by atoms with van der Waals surface area (Å²) in [5.74, 6) is -1.15. The number of carbonyl (C=O) groups excluding carboxylic acids is 2. The quantitative estimate of drug-likeness (QED) is 0.870. The Morgan fingerprint density at radius 2 is 1.96 bits per heavy atom. The van der Waals surface area contributed by atoms with Gasteiger partial charge in [0, 0.05) is 13.2 Å². The number of hydrogen-bond acceptors (Lipinski definition) is 4. The predicted molar refractivity (Wildman–Crippen MR) is 90.4 cm³/mol. The fourth-order valence-corrected chi connectivity index (χ4v) is 2.51. The zero-order valence-electron chi connectivity index (χ0n) is 14.1. The van der Waals surface area contributed by atoms with Crippen LogP contribution in [0.25, 0.3) is 0 Å². The first kappa shape index (κ1) is 17.5. The van der Waals surface area contributed by atoms with Crippen molar-refractivity contribution in [1.29, 1.82) is 0 Å². The summed E-state index contributed by atoms with van der Waals surface area (Å²) in [5.41, 5.74) is 1.55. The molecule has 1 aromatic heterocycles.